The number of ketones is 1. The summed E-state index contributed by atoms with van der Waals surface area (Å²) in [4.78, 5) is 13.0. The van der Waals surface area contributed by atoms with Crippen LogP contribution in [0.3, 0.4) is 0 Å². The smallest absolute Gasteiger partial charge is 0.397 e. The Balaban J connectivity index is 0.000000380. The quantitative estimate of drug-likeness (QED) is 0.750. The number of carbonyl (C=O) groups is 1. The minimum absolute atomic E-state index is 0.00772. The molecule has 0 bridgehead atoms. The lowest BCUT2D eigenvalue weighted by atomic mass is 10.0. The lowest BCUT2D eigenvalue weighted by Gasteiger charge is -2.26. The number of phenols is 1. The number of fused-ring (bicyclic) bond motifs is 1. The third-order valence-corrected chi connectivity index (χ3v) is 4.16. The van der Waals surface area contributed by atoms with Crippen molar-refractivity contribution in [2.45, 2.75) is 0 Å². The molecule has 1 aromatic rings. The van der Waals surface area contributed by atoms with Crippen molar-refractivity contribution >= 4 is 27.9 Å². The van der Waals surface area contributed by atoms with Crippen LogP contribution in [-0.4, -0.2) is 38.0 Å². The predicted octanol–water partition coefficient (Wildman–Crippen LogP) is 2.80. The molecular formula is C19H19NO6S. The Hall–Kier alpha value is -2.94. The highest BCUT2D eigenvalue weighted by Crippen LogP contribution is 2.36. The number of para-hydroxylation sites is 1. The van der Waals surface area contributed by atoms with Gasteiger partial charge in [0.05, 0.1) is 12.8 Å². The van der Waals surface area contributed by atoms with E-state index in [9.17, 15) is 18.3 Å². The van der Waals surface area contributed by atoms with Crippen molar-refractivity contribution in [2.75, 3.05) is 19.1 Å². The number of benzene rings is 1. The van der Waals surface area contributed by atoms with Crippen molar-refractivity contribution in [1.82, 2.24) is 0 Å². The molecule has 2 N–H and O–H groups in total. The number of phenolic OH excluding ortho intramolecular Hbond substituents is 1. The van der Waals surface area contributed by atoms with Crippen molar-refractivity contribution in [2.24, 2.45) is 0 Å². The summed E-state index contributed by atoms with van der Waals surface area (Å²) >= 11 is 0. The van der Waals surface area contributed by atoms with E-state index in [-0.39, 0.29) is 11.5 Å². The largest absolute Gasteiger partial charge is 0.506 e. The van der Waals surface area contributed by atoms with Gasteiger partial charge in [-0.2, -0.15) is 8.42 Å². The highest BCUT2D eigenvalue weighted by molar-refractivity contribution is 7.80. The second-order valence-electron chi connectivity index (χ2n) is 5.53. The highest BCUT2D eigenvalue weighted by atomic mass is 32.3. The molecule has 1 heterocycles. The van der Waals surface area contributed by atoms with E-state index < -0.39 is 10.4 Å². The van der Waals surface area contributed by atoms with E-state index in [0.717, 1.165) is 29.6 Å². The number of allylic oxidation sites excluding steroid dienone is 8. The predicted molar refractivity (Wildman–Crippen MR) is 104 cm³/mol. The maximum Gasteiger partial charge on any atom is 0.397 e. The number of likely N-dealkylation sites (N-methyl/N-ethyl adjacent to an activating group) is 1. The van der Waals surface area contributed by atoms with Crippen molar-refractivity contribution < 1.29 is 27.1 Å². The van der Waals surface area contributed by atoms with Gasteiger partial charge in [0, 0.05) is 18.3 Å². The van der Waals surface area contributed by atoms with Crippen LogP contribution in [0.25, 0.3) is 6.08 Å². The van der Waals surface area contributed by atoms with Gasteiger partial charge >= 0.3 is 10.4 Å². The van der Waals surface area contributed by atoms with Crippen LogP contribution in [0, 0.1) is 0 Å². The molecule has 1 aliphatic heterocycles. The molecule has 142 valence electrons. The van der Waals surface area contributed by atoms with E-state index in [0.29, 0.717) is 0 Å². The van der Waals surface area contributed by atoms with Gasteiger partial charge in [-0.1, -0.05) is 36.4 Å². The number of nitrogens with zero attached hydrogens (tertiary/aromatic N) is 1. The first-order chi connectivity index (χ1) is 12.7. The van der Waals surface area contributed by atoms with E-state index in [2.05, 4.69) is 4.18 Å². The molecule has 8 heteroatoms. The van der Waals surface area contributed by atoms with Crippen molar-refractivity contribution in [3.63, 3.8) is 0 Å². The summed E-state index contributed by atoms with van der Waals surface area (Å²) in [6, 6.07) is 5.48. The van der Waals surface area contributed by atoms with E-state index >= 15 is 0 Å². The molecule has 1 aromatic carbocycles. The van der Waals surface area contributed by atoms with Gasteiger partial charge in [-0.25, -0.2) is 0 Å². The second-order valence-corrected chi connectivity index (χ2v) is 6.72. The Morgan fingerprint density at radius 2 is 1.67 bits per heavy atom. The third-order valence-electron chi connectivity index (χ3n) is 3.74. The fraction of sp³-hybridized carbons (Fsp3) is 0.105. The lowest BCUT2D eigenvalue weighted by Crippen LogP contribution is -2.18. The van der Waals surface area contributed by atoms with Crippen LogP contribution in [-0.2, 0) is 19.4 Å². The fourth-order valence-electron chi connectivity index (χ4n) is 2.39. The summed E-state index contributed by atoms with van der Waals surface area (Å²) in [5, 5.41) is 10.0. The maximum absolute atomic E-state index is 11.1. The van der Waals surface area contributed by atoms with Gasteiger partial charge in [0.1, 0.15) is 5.75 Å². The topological polar surface area (TPSA) is 104 Å². The third kappa shape index (κ3) is 5.78. The van der Waals surface area contributed by atoms with E-state index in [1.54, 1.807) is 30.4 Å². The molecule has 0 saturated heterocycles. The Morgan fingerprint density at radius 1 is 1.04 bits per heavy atom. The van der Waals surface area contributed by atoms with Crippen LogP contribution in [0.1, 0.15) is 5.56 Å². The number of hydrogen-bond donors (Lipinski definition) is 2. The van der Waals surface area contributed by atoms with E-state index in [1.165, 1.54) is 0 Å². The summed E-state index contributed by atoms with van der Waals surface area (Å²) in [5.41, 5.74) is 3.72. The Morgan fingerprint density at radius 3 is 2.26 bits per heavy atom. The van der Waals surface area contributed by atoms with Crippen LogP contribution < -0.4 is 4.90 Å². The molecule has 0 unspecified atom stereocenters. The van der Waals surface area contributed by atoms with Gasteiger partial charge in [-0.3, -0.25) is 13.5 Å². The van der Waals surface area contributed by atoms with Crippen LogP contribution >= 0.6 is 0 Å². The van der Waals surface area contributed by atoms with Gasteiger partial charge in [-0.15, -0.1) is 0 Å². The first kappa shape index (κ1) is 20.4. The van der Waals surface area contributed by atoms with Gasteiger partial charge in [0.25, 0.3) is 0 Å². The summed E-state index contributed by atoms with van der Waals surface area (Å²) in [6.07, 6.45) is 14.6. The van der Waals surface area contributed by atoms with Crippen LogP contribution in [0.5, 0.6) is 5.75 Å². The maximum atomic E-state index is 11.1. The molecule has 7 nitrogen and oxygen atoms in total. The summed E-state index contributed by atoms with van der Waals surface area (Å²) < 4.78 is 29.7. The molecule has 2 aliphatic rings. The molecule has 27 heavy (non-hydrogen) atoms. The second kappa shape index (κ2) is 8.63. The monoisotopic (exact) mass is 389 g/mol. The van der Waals surface area contributed by atoms with Gasteiger partial charge in [0.2, 0.25) is 0 Å². The van der Waals surface area contributed by atoms with Crippen molar-refractivity contribution in [1.29, 1.82) is 0 Å². The van der Waals surface area contributed by atoms with E-state index in [4.69, 9.17) is 4.55 Å². The number of aromatic hydroxyl groups is 1. The number of carbonyl (C=O) groups excluding carboxylic acids is 1. The van der Waals surface area contributed by atoms with Crippen LogP contribution in [0.15, 0.2) is 72.0 Å². The number of hydrogen-bond acceptors (Lipinski definition) is 6. The molecule has 3 rings (SSSR count). The number of rotatable bonds is 2. The van der Waals surface area contributed by atoms with Crippen LogP contribution in [0.2, 0.25) is 0 Å². The first-order valence-corrected chi connectivity index (χ1v) is 9.16. The Bertz CT molecular complexity index is 965. The fourth-order valence-corrected chi connectivity index (χ4v) is 2.39. The molecule has 1 aliphatic carbocycles. The Kier molecular flexibility index (Phi) is 6.51. The highest BCUT2D eigenvalue weighted by Gasteiger charge is 2.16. The normalized spacial score (nSPS) is 16.9. The average molecular weight is 389 g/mol. The summed E-state index contributed by atoms with van der Waals surface area (Å²) in [5.74, 6) is 0.272. The number of anilines is 1. The zero-order valence-electron chi connectivity index (χ0n) is 14.7. The zero-order valence-corrected chi connectivity index (χ0v) is 15.6. The average Bonchev–Trinajstić information content (AvgIpc) is 2.62. The molecule has 0 radical (unpaired) electrons. The van der Waals surface area contributed by atoms with Crippen molar-refractivity contribution in [3.8, 4) is 5.75 Å². The molecular weight excluding hydrogens is 370 g/mol. The zero-order chi connectivity index (χ0) is 20.0. The van der Waals surface area contributed by atoms with E-state index in [1.807, 2.05) is 48.4 Å². The van der Waals surface area contributed by atoms with Gasteiger partial charge in [-0.05, 0) is 35.9 Å². The van der Waals surface area contributed by atoms with Crippen molar-refractivity contribution in [3.05, 3.63) is 77.6 Å². The Labute approximate surface area is 157 Å². The molecule has 0 fully saturated rings. The first-order valence-electron chi connectivity index (χ1n) is 7.80. The summed E-state index contributed by atoms with van der Waals surface area (Å²) in [6.45, 7) is 0. The van der Waals surface area contributed by atoms with Gasteiger partial charge < -0.3 is 10.0 Å². The molecule has 0 atom stereocenters. The SMILES string of the molecule is CN1C(=CC=C2C=CC(=O)C=C2)C=Cc2cccc(O)c21.COS(=O)(=O)O. The lowest BCUT2D eigenvalue weighted by molar-refractivity contribution is -0.110. The summed E-state index contributed by atoms with van der Waals surface area (Å²) in [7, 11) is -1.37. The molecule has 0 aromatic heterocycles. The minimum atomic E-state index is -4.16. The molecule has 0 amide bonds. The molecule has 0 saturated carbocycles. The van der Waals surface area contributed by atoms with Gasteiger partial charge in [0.15, 0.2) is 5.78 Å². The minimum Gasteiger partial charge on any atom is -0.506 e. The van der Waals surface area contributed by atoms with Crippen LogP contribution in [0.4, 0.5) is 5.69 Å². The molecule has 0 spiro atoms. The standard InChI is InChI=1S/C18H15NO2.CH4O4S/c1-19-15(9-5-13-6-11-16(20)12-7-13)10-8-14-3-2-4-17(21)18(14)19;1-5-6(2,3)4/h2-12,21H,1H3;1H3,(H,2,3,4).